The summed E-state index contributed by atoms with van der Waals surface area (Å²) < 4.78 is 5.33. The topological polar surface area (TPSA) is 64.9 Å². The molecule has 0 unspecified atom stereocenters. The molecular formula is C14H17N3O. The van der Waals surface area contributed by atoms with Crippen molar-refractivity contribution in [2.75, 3.05) is 5.73 Å². The predicted molar refractivity (Wildman–Crippen MR) is 70.0 cm³/mol. The fraction of sp³-hybridized carbons (Fsp3) is 0.429. The Hall–Kier alpha value is -1.84. The molecule has 0 aliphatic heterocycles. The molecule has 0 spiro atoms. The van der Waals surface area contributed by atoms with E-state index in [0.717, 1.165) is 40.5 Å². The van der Waals surface area contributed by atoms with Crippen LogP contribution in [0.15, 0.2) is 16.7 Å². The molecule has 1 fully saturated rings. The molecule has 1 aliphatic carbocycles. The Labute approximate surface area is 106 Å². The van der Waals surface area contributed by atoms with Gasteiger partial charge in [-0.25, -0.2) is 0 Å². The zero-order chi connectivity index (χ0) is 12.7. The smallest absolute Gasteiger partial charge is 0.260 e. The van der Waals surface area contributed by atoms with Gasteiger partial charge in [0.1, 0.15) is 0 Å². The molecule has 18 heavy (non-hydrogen) atoms. The van der Waals surface area contributed by atoms with Crippen LogP contribution in [0.2, 0.25) is 0 Å². The molecule has 0 amide bonds. The minimum absolute atomic E-state index is 0.537. The van der Waals surface area contributed by atoms with E-state index in [1.54, 1.807) is 0 Å². The molecule has 0 bridgehead atoms. The van der Waals surface area contributed by atoms with Gasteiger partial charge in [-0.3, -0.25) is 0 Å². The third-order valence-corrected chi connectivity index (χ3v) is 3.40. The maximum absolute atomic E-state index is 6.08. The number of hydrogen-bond donors (Lipinski definition) is 1. The van der Waals surface area contributed by atoms with Gasteiger partial charge >= 0.3 is 0 Å². The fourth-order valence-electron chi connectivity index (χ4n) is 2.18. The summed E-state index contributed by atoms with van der Waals surface area (Å²) in [6, 6.07) is 4.05. The van der Waals surface area contributed by atoms with Crippen LogP contribution in [0.4, 0.5) is 5.69 Å². The number of nitrogens with zero attached hydrogens (tertiary/aromatic N) is 2. The van der Waals surface area contributed by atoms with Crippen molar-refractivity contribution in [2.45, 2.75) is 33.1 Å². The van der Waals surface area contributed by atoms with E-state index in [-0.39, 0.29) is 0 Å². The highest BCUT2D eigenvalue weighted by molar-refractivity contribution is 5.74. The van der Waals surface area contributed by atoms with E-state index in [0.29, 0.717) is 5.89 Å². The van der Waals surface area contributed by atoms with Gasteiger partial charge in [0.25, 0.3) is 5.89 Å². The van der Waals surface area contributed by atoms with Gasteiger partial charge in [-0.2, -0.15) is 4.98 Å². The van der Waals surface area contributed by atoms with Gasteiger partial charge in [0.2, 0.25) is 0 Å². The molecule has 3 rings (SSSR count). The van der Waals surface area contributed by atoms with Gasteiger partial charge in [0.05, 0.1) is 5.56 Å². The van der Waals surface area contributed by atoms with E-state index in [1.165, 1.54) is 12.8 Å². The second kappa shape index (κ2) is 4.12. The molecule has 4 nitrogen and oxygen atoms in total. The Kier molecular flexibility index (Phi) is 2.58. The van der Waals surface area contributed by atoms with Crippen LogP contribution in [0.1, 0.15) is 29.8 Å². The van der Waals surface area contributed by atoms with E-state index in [1.807, 2.05) is 19.9 Å². The summed E-state index contributed by atoms with van der Waals surface area (Å²) >= 11 is 0. The second-order valence-corrected chi connectivity index (χ2v) is 5.21. The summed E-state index contributed by atoms with van der Waals surface area (Å²) in [5.74, 6) is 2.09. The van der Waals surface area contributed by atoms with Crippen molar-refractivity contribution in [3.8, 4) is 11.5 Å². The Bertz CT molecular complexity index is 585. The van der Waals surface area contributed by atoms with Crippen LogP contribution in [0, 0.1) is 19.8 Å². The molecule has 0 atom stereocenters. The zero-order valence-corrected chi connectivity index (χ0v) is 10.7. The highest BCUT2D eigenvalue weighted by Gasteiger charge is 2.24. The number of nitrogen functional groups attached to an aromatic ring is 1. The van der Waals surface area contributed by atoms with Crippen molar-refractivity contribution in [1.82, 2.24) is 10.1 Å². The lowest BCUT2D eigenvalue weighted by atomic mass is 10.0. The predicted octanol–water partition coefficient (Wildman–Crippen LogP) is 2.89. The second-order valence-electron chi connectivity index (χ2n) is 5.21. The average Bonchev–Trinajstić information content (AvgIpc) is 3.00. The quantitative estimate of drug-likeness (QED) is 0.842. The van der Waals surface area contributed by atoms with E-state index in [2.05, 4.69) is 16.2 Å². The molecule has 1 saturated carbocycles. The molecule has 1 aromatic heterocycles. The van der Waals surface area contributed by atoms with Crippen molar-refractivity contribution < 1.29 is 4.52 Å². The first kappa shape index (κ1) is 11.3. The van der Waals surface area contributed by atoms with Crippen LogP contribution in [-0.2, 0) is 6.42 Å². The number of aryl methyl sites for hydroxylation is 2. The first-order valence-electron chi connectivity index (χ1n) is 6.33. The molecule has 0 saturated heterocycles. The van der Waals surface area contributed by atoms with Gasteiger partial charge in [-0.1, -0.05) is 11.2 Å². The maximum atomic E-state index is 6.08. The van der Waals surface area contributed by atoms with Gasteiger partial charge in [0.15, 0.2) is 5.82 Å². The van der Waals surface area contributed by atoms with Gasteiger partial charge < -0.3 is 10.3 Å². The Morgan fingerprint density at radius 3 is 2.83 bits per heavy atom. The van der Waals surface area contributed by atoms with Crippen LogP contribution >= 0.6 is 0 Å². The third kappa shape index (κ3) is 2.10. The summed E-state index contributed by atoms with van der Waals surface area (Å²) in [7, 11) is 0. The summed E-state index contributed by atoms with van der Waals surface area (Å²) in [4.78, 5) is 4.45. The van der Waals surface area contributed by atoms with Crippen molar-refractivity contribution >= 4 is 5.69 Å². The molecule has 1 aromatic carbocycles. The molecule has 0 radical (unpaired) electrons. The first-order valence-corrected chi connectivity index (χ1v) is 6.33. The third-order valence-electron chi connectivity index (χ3n) is 3.40. The summed E-state index contributed by atoms with van der Waals surface area (Å²) in [6.07, 6.45) is 3.50. The SMILES string of the molecule is Cc1cc(C)c(N)c(-c2nc(CC3CC3)no2)c1. The summed E-state index contributed by atoms with van der Waals surface area (Å²) in [6.45, 7) is 4.03. The Morgan fingerprint density at radius 1 is 1.33 bits per heavy atom. The van der Waals surface area contributed by atoms with E-state index < -0.39 is 0 Å². The standard InChI is InChI=1S/C14H17N3O/c1-8-5-9(2)13(15)11(6-8)14-16-12(17-18-14)7-10-3-4-10/h5-6,10H,3-4,7,15H2,1-2H3. The lowest BCUT2D eigenvalue weighted by Crippen LogP contribution is -1.95. The minimum Gasteiger partial charge on any atom is -0.398 e. The molecule has 94 valence electrons. The van der Waals surface area contributed by atoms with Crippen LogP contribution in [0.25, 0.3) is 11.5 Å². The number of benzene rings is 1. The van der Waals surface area contributed by atoms with E-state index in [9.17, 15) is 0 Å². The van der Waals surface area contributed by atoms with Crippen molar-refractivity contribution in [2.24, 2.45) is 5.92 Å². The first-order chi connectivity index (χ1) is 8.63. The van der Waals surface area contributed by atoms with Crippen LogP contribution in [-0.4, -0.2) is 10.1 Å². The number of anilines is 1. The molecule has 1 aliphatic rings. The normalized spacial score (nSPS) is 15.0. The van der Waals surface area contributed by atoms with Crippen molar-refractivity contribution in [1.29, 1.82) is 0 Å². The lowest BCUT2D eigenvalue weighted by Gasteiger charge is -2.06. The monoisotopic (exact) mass is 243 g/mol. The van der Waals surface area contributed by atoms with Crippen LogP contribution < -0.4 is 5.73 Å². The van der Waals surface area contributed by atoms with Gasteiger partial charge in [-0.05, 0) is 49.8 Å². The molecule has 2 N–H and O–H groups in total. The minimum atomic E-state index is 0.537. The van der Waals surface area contributed by atoms with Crippen LogP contribution in [0.3, 0.4) is 0 Å². The highest BCUT2D eigenvalue weighted by Crippen LogP contribution is 2.33. The number of rotatable bonds is 3. The van der Waals surface area contributed by atoms with Gasteiger partial charge in [0, 0.05) is 12.1 Å². The Balaban J connectivity index is 1.95. The summed E-state index contributed by atoms with van der Waals surface area (Å²) in [5.41, 5.74) is 9.85. The lowest BCUT2D eigenvalue weighted by molar-refractivity contribution is 0.421. The van der Waals surface area contributed by atoms with Crippen LogP contribution in [0.5, 0.6) is 0 Å². The van der Waals surface area contributed by atoms with E-state index in [4.69, 9.17) is 10.3 Å². The van der Waals surface area contributed by atoms with Crippen molar-refractivity contribution in [3.05, 3.63) is 29.1 Å². The molecular weight excluding hydrogens is 226 g/mol. The zero-order valence-electron chi connectivity index (χ0n) is 10.7. The molecule has 1 heterocycles. The van der Waals surface area contributed by atoms with E-state index >= 15 is 0 Å². The molecule has 4 heteroatoms. The maximum Gasteiger partial charge on any atom is 0.260 e. The summed E-state index contributed by atoms with van der Waals surface area (Å²) in [5, 5.41) is 4.03. The number of hydrogen-bond acceptors (Lipinski definition) is 4. The largest absolute Gasteiger partial charge is 0.398 e. The fourth-order valence-corrected chi connectivity index (χ4v) is 2.18. The van der Waals surface area contributed by atoms with Gasteiger partial charge in [-0.15, -0.1) is 0 Å². The van der Waals surface area contributed by atoms with Crippen molar-refractivity contribution in [3.63, 3.8) is 0 Å². The average molecular weight is 243 g/mol. The molecule has 2 aromatic rings. The Morgan fingerprint density at radius 2 is 2.11 bits per heavy atom. The number of nitrogens with two attached hydrogens (primary N) is 1. The number of aromatic nitrogens is 2. The highest BCUT2D eigenvalue weighted by atomic mass is 16.5.